The van der Waals surface area contributed by atoms with E-state index in [1.165, 1.54) is 0 Å². The van der Waals surface area contributed by atoms with E-state index in [1.807, 2.05) is 53.7 Å². The molecule has 0 heterocycles. The van der Waals surface area contributed by atoms with E-state index in [0.717, 1.165) is 61.2 Å². The largest absolute Gasteiger partial charge is 0.478 e. The molecular weight excluding hydrogens is 424 g/mol. The topological polar surface area (TPSA) is 74.6 Å². The minimum atomic E-state index is -0.944. The van der Waals surface area contributed by atoms with Gasteiger partial charge < -0.3 is 10.2 Å². The van der Waals surface area contributed by atoms with Crippen LogP contribution in [-0.2, 0) is 5.41 Å². The molecular formula is C30H34O4. The summed E-state index contributed by atoms with van der Waals surface area (Å²) in [6.45, 7) is 17.8. The zero-order valence-corrected chi connectivity index (χ0v) is 21.6. The summed E-state index contributed by atoms with van der Waals surface area (Å²) in [5.41, 5.74) is 10.1. The van der Waals surface area contributed by atoms with E-state index in [-0.39, 0.29) is 5.41 Å². The lowest BCUT2D eigenvalue weighted by molar-refractivity contribution is 0.0684. The summed E-state index contributed by atoms with van der Waals surface area (Å²) in [6, 6.07) is 10.1. The maximum absolute atomic E-state index is 12.1. The van der Waals surface area contributed by atoms with Crippen molar-refractivity contribution in [3.63, 3.8) is 0 Å². The quantitative estimate of drug-likeness (QED) is 0.423. The molecule has 0 aromatic heterocycles. The first-order valence-electron chi connectivity index (χ1n) is 11.5. The second-order valence-corrected chi connectivity index (χ2v) is 10.4. The number of rotatable bonds is 4. The van der Waals surface area contributed by atoms with Crippen LogP contribution in [0, 0.1) is 41.5 Å². The van der Waals surface area contributed by atoms with E-state index < -0.39 is 11.9 Å². The predicted octanol–water partition coefficient (Wildman–Crippen LogP) is 7.57. The van der Waals surface area contributed by atoms with Crippen LogP contribution >= 0.6 is 0 Å². The second kappa shape index (κ2) is 8.75. The average Bonchev–Trinajstić information content (AvgIpc) is 2.66. The molecule has 4 nitrogen and oxygen atoms in total. The van der Waals surface area contributed by atoms with Crippen LogP contribution in [0.15, 0.2) is 30.3 Å². The molecule has 3 rings (SSSR count). The van der Waals surface area contributed by atoms with Crippen LogP contribution in [0.4, 0.5) is 0 Å². The highest BCUT2D eigenvalue weighted by Gasteiger charge is 2.25. The molecule has 0 radical (unpaired) electrons. The summed E-state index contributed by atoms with van der Waals surface area (Å²) in [5, 5.41) is 19.8. The van der Waals surface area contributed by atoms with Crippen LogP contribution < -0.4 is 0 Å². The minimum absolute atomic E-state index is 0.112. The Morgan fingerprint density at radius 2 is 1.03 bits per heavy atom. The first-order chi connectivity index (χ1) is 15.7. The van der Waals surface area contributed by atoms with Crippen molar-refractivity contribution in [3.8, 4) is 22.3 Å². The van der Waals surface area contributed by atoms with E-state index >= 15 is 0 Å². The van der Waals surface area contributed by atoms with Crippen LogP contribution in [-0.4, -0.2) is 22.2 Å². The molecule has 0 fully saturated rings. The molecule has 0 bridgehead atoms. The van der Waals surface area contributed by atoms with E-state index in [2.05, 4.69) is 39.0 Å². The first-order valence-corrected chi connectivity index (χ1v) is 11.5. The van der Waals surface area contributed by atoms with Crippen molar-refractivity contribution in [2.75, 3.05) is 0 Å². The van der Waals surface area contributed by atoms with E-state index in [1.54, 1.807) is 0 Å². The zero-order chi connectivity index (χ0) is 25.7. The van der Waals surface area contributed by atoms with Gasteiger partial charge in [-0.15, -0.1) is 0 Å². The molecule has 0 aliphatic carbocycles. The van der Waals surface area contributed by atoms with Gasteiger partial charge in [0.05, 0.1) is 11.1 Å². The van der Waals surface area contributed by atoms with Gasteiger partial charge in [-0.05, 0) is 114 Å². The fraction of sp³-hybridized carbons (Fsp3) is 0.333. The highest BCUT2D eigenvalue weighted by Crippen LogP contribution is 2.43. The van der Waals surface area contributed by atoms with Gasteiger partial charge in [0.15, 0.2) is 0 Å². The Bertz CT molecular complexity index is 1340. The summed E-state index contributed by atoms with van der Waals surface area (Å²) in [4.78, 5) is 24.2. The van der Waals surface area contributed by atoms with Gasteiger partial charge in [-0.3, -0.25) is 0 Å². The lowest BCUT2D eigenvalue weighted by atomic mass is 9.79. The Morgan fingerprint density at radius 1 is 0.618 bits per heavy atom. The summed E-state index contributed by atoms with van der Waals surface area (Å²) in [7, 11) is 0. The van der Waals surface area contributed by atoms with Crippen molar-refractivity contribution >= 4 is 11.9 Å². The number of carboxylic acids is 2. The van der Waals surface area contributed by atoms with Gasteiger partial charge in [-0.1, -0.05) is 45.0 Å². The van der Waals surface area contributed by atoms with Crippen molar-refractivity contribution in [3.05, 3.63) is 80.4 Å². The van der Waals surface area contributed by atoms with Crippen molar-refractivity contribution in [2.45, 2.75) is 67.7 Å². The lowest BCUT2D eigenvalue weighted by Gasteiger charge is -2.25. The molecule has 0 saturated carbocycles. The van der Waals surface area contributed by atoms with Gasteiger partial charge in [0, 0.05) is 0 Å². The molecule has 0 aliphatic heterocycles. The van der Waals surface area contributed by atoms with Crippen LogP contribution in [0.25, 0.3) is 22.3 Å². The van der Waals surface area contributed by atoms with Crippen LogP contribution in [0.1, 0.15) is 80.4 Å². The minimum Gasteiger partial charge on any atom is -0.478 e. The van der Waals surface area contributed by atoms with E-state index in [9.17, 15) is 19.8 Å². The number of hydrogen-bond acceptors (Lipinski definition) is 2. The lowest BCUT2D eigenvalue weighted by Crippen LogP contribution is -2.12. The predicted molar refractivity (Wildman–Crippen MR) is 138 cm³/mol. The maximum atomic E-state index is 12.1. The molecule has 178 valence electrons. The molecule has 2 N–H and O–H groups in total. The molecule has 3 aromatic carbocycles. The third kappa shape index (κ3) is 4.25. The van der Waals surface area contributed by atoms with Gasteiger partial charge in [-0.2, -0.15) is 0 Å². The Balaban J connectivity index is 2.54. The molecule has 0 saturated heterocycles. The molecule has 3 aromatic rings. The second-order valence-electron chi connectivity index (χ2n) is 10.4. The van der Waals surface area contributed by atoms with Gasteiger partial charge in [0.2, 0.25) is 0 Å². The Morgan fingerprint density at radius 3 is 1.41 bits per heavy atom. The highest BCUT2D eigenvalue weighted by atomic mass is 16.4. The van der Waals surface area contributed by atoms with Gasteiger partial charge in [-0.25, -0.2) is 9.59 Å². The molecule has 0 unspecified atom stereocenters. The molecule has 0 spiro atoms. The molecule has 0 amide bonds. The summed E-state index contributed by atoms with van der Waals surface area (Å²) in [6.07, 6.45) is 0. The molecule has 0 atom stereocenters. The maximum Gasteiger partial charge on any atom is 0.336 e. The van der Waals surface area contributed by atoms with Gasteiger partial charge >= 0.3 is 11.9 Å². The Kier molecular flexibility index (Phi) is 6.49. The first kappa shape index (κ1) is 25.2. The average molecular weight is 459 g/mol. The van der Waals surface area contributed by atoms with Crippen molar-refractivity contribution in [2.24, 2.45) is 0 Å². The van der Waals surface area contributed by atoms with Gasteiger partial charge in [0.1, 0.15) is 0 Å². The number of carbonyl (C=O) groups is 2. The number of carboxylic acid groups (broad SMARTS) is 2. The SMILES string of the molecule is Cc1cc(C)c(-c2ccc(C(C)(C)C)cc2-c2c(C)cc(C)c(C(=O)O)c2C)c(C)c1C(=O)O. The van der Waals surface area contributed by atoms with E-state index in [0.29, 0.717) is 11.1 Å². The van der Waals surface area contributed by atoms with Gasteiger partial charge in [0.25, 0.3) is 0 Å². The number of aryl methyl sites for hydroxylation is 4. The third-order valence-corrected chi connectivity index (χ3v) is 6.80. The zero-order valence-electron chi connectivity index (χ0n) is 21.6. The van der Waals surface area contributed by atoms with Crippen LogP contribution in [0.2, 0.25) is 0 Å². The fourth-order valence-corrected chi connectivity index (χ4v) is 5.29. The van der Waals surface area contributed by atoms with E-state index in [4.69, 9.17) is 0 Å². The Labute approximate surface area is 202 Å². The Hall–Kier alpha value is -3.40. The molecule has 0 aliphatic rings. The standard InChI is InChI=1S/C30H34O4/c1-15-12-17(3)26(28(31)32)19(5)24(15)22-11-10-21(30(7,8)9)14-23(22)25-16(2)13-18(4)27(20(25)6)29(33)34/h10-14H,1-9H3,(H,31,32)(H,33,34). The number of aromatic carboxylic acids is 2. The molecule has 4 heteroatoms. The number of benzene rings is 3. The normalized spacial score (nSPS) is 11.6. The fourth-order valence-electron chi connectivity index (χ4n) is 5.29. The summed E-state index contributed by atoms with van der Waals surface area (Å²) >= 11 is 0. The monoisotopic (exact) mass is 458 g/mol. The van der Waals surface area contributed by atoms with Crippen molar-refractivity contribution < 1.29 is 19.8 Å². The smallest absolute Gasteiger partial charge is 0.336 e. The molecule has 34 heavy (non-hydrogen) atoms. The van der Waals surface area contributed by atoms with Crippen molar-refractivity contribution in [1.82, 2.24) is 0 Å². The highest BCUT2D eigenvalue weighted by molar-refractivity contribution is 5.99. The third-order valence-electron chi connectivity index (χ3n) is 6.80. The number of hydrogen-bond donors (Lipinski definition) is 2. The van der Waals surface area contributed by atoms with Crippen molar-refractivity contribution in [1.29, 1.82) is 0 Å². The summed E-state index contributed by atoms with van der Waals surface area (Å²) < 4.78 is 0. The van der Waals surface area contributed by atoms with Crippen LogP contribution in [0.5, 0.6) is 0 Å². The van der Waals surface area contributed by atoms with Crippen LogP contribution in [0.3, 0.4) is 0 Å². The summed E-state index contributed by atoms with van der Waals surface area (Å²) in [5.74, 6) is -1.89.